The Kier molecular flexibility index (Phi) is 5.49. The molecule has 2 heterocycles. The summed E-state index contributed by atoms with van der Waals surface area (Å²) in [5.74, 6) is 2.22. The molecule has 0 spiro atoms. The number of rotatable bonds is 7. The summed E-state index contributed by atoms with van der Waals surface area (Å²) in [6.07, 6.45) is 3.61. The third-order valence-electron chi connectivity index (χ3n) is 3.08. The number of pyridine rings is 1. The summed E-state index contributed by atoms with van der Waals surface area (Å²) >= 11 is 0. The first kappa shape index (κ1) is 15.2. The van der Waals surface area contributed by atoms with Crippen LogP contribution < -0.4 is 10.1 Å². The molecule has 112 valence electrons. The molecule has 0 saturated carbocycles. The first-order valence-electron chi connectivity index (χ1n) is 7.32. The molecular formula is C16H22N4O. The van der Waals surface area contributed by atoms with Crippen molar-refractivity contribution in [2.24, 2.45) is 0 Å². The van der Waals surface area contributed by atoms with Gasteiger partial charge in [-0.1, -0.05) is 13.0 Å². The number of aryl methyl sites for hydroxylation is 1. The van der Waals surface area contributed by atoms with Crippen molar-refractivity contribution in [3.8, 4) is 5.88 Å². The lowest BCUT2D eigenvalue weighted by Gasteiger charge is -2.13. The van der Waals surface area contributed by atoms with Crippen LogP contribution in [0.2, 0.25) is 0 Å². The van der Waals surface area contributed by atoms with Crippen molar-refractivity contribution < 1.29 is 4.74 Å². The topological polar surface area (TPSA) is 59.9 Å². The average molecular weight is 286 g/mol. The van der Waals surface area contributed by atoms with E-state index in [0.29, 0.717) is 18.3 Å². The number of hydrogen-bond acceptors (Lipinski definition) is 5. The summed E-state index contributed by atoms with van der Waals surface area (Å²) in [4.78, 5) is 13.1. The molecule has 1 N–H and O–H groups in total. The van der Waals surface area contributed by atoms with Gasteiger partial charge in [-0.15, -0.1) is 0 Å². The zero-order valence-corrected chi connectivity index (χ0v) is 12.9. The van der Waals surface area contributed by atoms with Crippen molar-refractivity contribution in [3.63, 3.8) is 0 Å². The first-order valence-corrected chi connectivity index (χ1v) is 7.32. The van der Waals surface area contributed by atoms with Gasteiger partial charge in [-0.3, -0.25) is 4.98 Å². The minimum Gasteiger partial charge on any atom is -0.477 e. The fourth-order valence-corrected chi connectivity index (χ4v) is 1.96. The maximum atomic E-state index is 5.81. The van der Waals surface area contributed by atoms with Gasteiger partial charge in [-0.05, 0) is 32.4 Å². The second kappa shape index (κ2) is 7.57. The van der Waals surface area contributed by atoms with E-state index in [-0.39, 0.29) is 0 Å². The Morgan fingerprint density at radius 3 is 2.76 bits per heavy atom. The first-order chi connectivity index (χ1) is 10.2. The fraction of sp³-hybridized carbons (Fsp3) is 0.438. The molecule has 5 heteroatoms. The second-order valence-corrected chi connectivity index (χ2v) is 4.90. The van der Waals surface area contributed by atoms with Gasteiger partial charge in [0.1, 0.15) is 11.6 Å². The highest BCUT2D eigenvalue weighted by molar-refractivity contribution is 5.48. The van der Waals surface area contributed by atoms with Crippen LogP contribution in [0.4, 0.5) is 5.82 Å². The normalized spacial score (nSPS) is 10.4. The second-order valence-electron chi connectivity index (χ2n) is 4.90. The SMILES string of the molecule is CCCNc1nc(C)nc(OCCc2ccccn2)c1C. The van der Waals surface area contributed by atoms with Crippen molar-refractivity contribution in [2.45, 2.75) is 33.6 Å². The minimum absolute atomic E-state index is 0.557. The standard InChI is InChI=1S/C16H22N4O/c1-4-9-18-15-12(2)16(20-13(3)19-15)21-11-8-14-7-5-6-10-17-14/h5-7,10H,4,8-9,11H2,1-3H3,(H,18,19,20). The molecule has 0 bridgehead atoms. The van der Waals surface area contributed by atoms with Crippen molar-refractivity contribution in [3.05, 3.63) is 41.5 Å². The van der Waals surface area contributed by atoms with Crippen LogP contribution in [-0.2, 0) is 6.42 Å². The molecule has 0 unspecified atom stereocenters. The molecule has 0 fully saturated rings. The van der Waals surface area contributed by atoms with E-state index in [1.54, 1.807) is 6.20 Å². The van der Waals surface area contributed by atoms with Gasteiger partial charge < -0.3 is 10.1 Å². The minimum atomic E-state index is 0.557. The summed E-state index contributed by atoms with van der Waals surface area (Å²) in [6, 6.07) is 5.89. The van der Waals surface area contributed by atoms with E-state index in [0.717, 1.165) is 36.5 Å². The molecule has 0 radical (unpaired) electrons. The third-order valence-corrected chi connectivity index (χ3v) is 3.08. The molecule has 0 aliphatic rings. The van der Waals surface area contributed by atoms with E-state index in [1.165, 1.54) is 0 Å². The van der Waals surface area contributed by atoms with Crippen molar-refractivity contribution in [2.75, 3.05) is 18.5 Å². The Morgan fingerprint density at radius 1 is 1.19 bits per heavy atom. The van der Waals surface area contributed by atoms with Crippen LogP contribution in [0.1, 0.15) is 30.4 Å². The molecule has 0 amide bonds. The van der Waals surface area contributed by atoms with Gasteiger partial charge in [-0.2, -0.15) is 4.98 Å². The quantitative estimate of drug-likeness (QED) is 0.848. The highest BCUT2D eigenvalue weighted by Gasteiger charge is 2.10. The number of ether oxygens (including phenoxy) is 1. The number of aromatic nitrogens is 3. The molecule has 0 aromatic carbocycles. The Labute approximate surface area is 125 Å². The number of nitrogens with one attached hydrogen (secondary N) is 1. The maximum Gasteiger partial charge on any atom is 0.221 e. The van der Waals surface area contributed by atoms with Crippen LogP contribution in [0.5, 0.6) is 5.88 Å². The largest absolute Gasteiger partial charge is 0.477 e. The molecule has 2 aromatic heterocycles. The van der Waals surface area contributed by atoms with E-state index >= 15 is 0 Å². The van der Waals surface area contributed by atoms with Crippen LogP contribution in [0.15, 0.2) is 24.4 Å². The average Bonchev–Trinajstić information content (AvgIpc) is 2.50. The summed E-state index contributed by atoms with van der Waals surface area (Å²) in [5, 5.41) is 3.31. The van der Waals surface area contributed by atoms with Crippen molar-refractivity contribution in [1.82, 2.24) is 15.0 Å². The zero-order chi connectivity index (χ0) is 15.1. The molecule has 0 saturated heterocycles. The molecule has 2 rings (SSSR count). The molecule has 5 nitrogen and oxygen atoms in total. The predicted molar refractivity (Wildman–Crippen MR) is 83.7 cm³/mol. The summed E-state index contributed by atoms with van der Waals surface area (Å²) in [5.41, 5.74) is 1.97. The molecule has 0 aliphatic carbocycles. The summed E-state index contributed by atoms with van der Waals surface area (Å²) < 4.78 is 5.81. The lowest BCUT2D eigenvalue weighted by Crippen LogP contribution is -2.10. The number of nitrogens with zero attached hydrogens (tertiary/aromatic N) is 3. The van der Waals surface area contributed by atoms with E-state index in [2.05, 4.69) is 27.2 Å². The van der Waals surface area contributed by atoms with Gasteiger partial charge in [0, 0.05) is 24.9 Å². The molecule has 2 aromatic rings. The molecule has 0 atom stereocenters. The lowest BCUT2D eigenvalue weighted by molar-refractivity contribution is 0.304. The van der Waals surface area contributed by atoms with E-state index in [4.69, 9.17) is 4.74 Å². The highest BCUT2D eigenvalue weighted by Crippen LogP contribution is 2.22. The number of hydrogen-bond donors (Lipinski definition) is 1. The smallest absolute Gasteiger partial charge is 0.221 e. The van der Waals surface area contributed by atoms with Crippen molar-refractivity contribution in [1.29, 1.82) is 0 Å². The molecule has 0 aliphatic heterocycles. The van der Waals surface area contributed by atoms with Gasteiger partial charge in [-0.25, -0.2) is 4.98 Å². The third kappa shape index (κ3) is 4.41. The Balaban J connectivity index is 2.00. The maximum absolute atomic E-state index is 5.81. The fourth-order valence-electron chi connectivity index (χ4n) is 1.96. The van der Waals surface area contributed by atoms with Crippen LogP contribution in [0, 0.1) is 13.8 Å². The van der Waals surface area contributed by atoms with Crippen molar-refractivity contribution >= 4 is 5.82 Å². The van der Waals surface area contributed by atoms with E-state index in [1.807, 2.05) is 32.0 Å². The highest BCUT2D eigenvalue weighted by atomic mass is 16.5. The van der Waals surface area contributed by atoms with Crippen LogP contribution >= 0.6 is 0 Å². The van der Waals surface area contributed by atoms with Gasteiger partial charge in [0.05, 0.1) is 12.2 Å². The monoisotopic (exact) mass is 286 g/mol. The summed E-state index contributed by atoms with van der Waals surface area (Å²) in [7, 11) is 0. The number of anilines is 1. The van der Waals surface area contributed by atoms with Crippen LogP contribution in [-0.4, -0.2) is 28.1 Å². The van der Waals surface area contributed by atoms with E-state index in [9.17, 15) is 0 Å². The summed E-state index contributed by atoms with van der Waals surface area (Å²) in [6.45, 7) is 7.43. The molecular weight excluding hydrogens is 264 g/mol. The Bertz CT molecular complexity index is 572. The molecule has 21 heavy (non-hydrogen) atoms. The van der Waals surface area contributed by atoms with Crippen LogP contribution in [0.3, 0.4) is 0 Å². The van der Waals surface area contributed by atoms with Crippen LogP contribution in [0.25, 0.3) is 0 Å². The Hall–Kier alpha value is -2.17. The zero-order valence-electron chi connectivity index (χ0n) is 12.9. The van der Waals surface area contributed by atoms with Gasteiger partial charge >= 0.3 is 0 Å². The lowest BCUT2D eigenvalue weighted by atomic mass is 10.3. The van der Waals surface area contributed by atoms with Gasteiger partial charge in [0.25, 0.3) is 0 Å². The van der Waals surface area contributed by atoms with E-state index < -0.39 is 0 Å². The Morgan fingerprint density at radius 2 is 2.05 bits per heavy atom. The van der Waals surface area contributed by atoms with Gasteiger partial charge in [0.2, 0.25) is 5.88 Å². The predicted octanol–water partition coefficient (Wildman–Crippen LogP) is 2.93. The van der Waals surface area contributed by atoms with Gasteiger partial charge in [0.15, 0.2) is 0 Å².